The number of rotatable bonds is 7. The van der Waals surface area contributed by atoms with Crippen LogP contribution >= 0.6 is 12.4 Å². The zero-order valence-electron chi connectivity index (χ0n) is 15.5. The smallest absolute Gasteiger partial charge is 0.243 e. The molecule has 1 aromatic rings. The summed E-state index contributed by atoms with van der Waals surface area (Å²) in [7, 11) is -3.49. The normalized spacial score (nSPS) is 16.3. The number of hydrogen-bond acceptors (Lipinski definition) is 4. The van der Waals surface area contributed by atoms with Gasteiger partial charge < -0.3 is 11.1 Å². The second-order valence-corrected chi connectivity index (χ2v) is 8.77. The number of amides is 1. The summed E-state index contributed by atoms with van der Waals surface area (Å²) in [6, 6.07) is 7.09. The van der Waals surface area contributed by atoms with Crippen LogP contribution in [0.4, 0.5) is 0 Å². The van der Waals surface area contributed by atoms with Crippen LogP contribution in [-0.4, -0.2) is 44.8 Å². The molecule has 1 fully saturated rings. The molecule has 1 aliphatic heterocycles. The minimum atomic E-state index is -3.49. The molecule has 3 N–H and O–H groups in total. The Morgan fingerprint density at radius 3 is 2.31 bits per heavy atom. The van der Waals surface area contributed by atoms with E-state index in [9.17, 15) is 13.2 Å². The van der Waals surface area contributed by atoms with Gasteiger partial charge in [-0.2, -0.15) is 4.31 Å². The van der Waals surface area contributed by atoms with E-state index < -0.39 is 10.0 Å². The lowest BCUT2D eigenvalue weighted by molar-refractivity contribution is -0.126. The van der Waals surface area contributed by atoms with Crippen molar-refractivity contribution in [1.29, 1.82) is 0 Å². The number of hydrogen-bond donors (Lipinski definition) is 2. The predicted molar refractivity (Wildman–Crippen MR) is 106 cm³/mol. The molecular weight excluding hydrogens is 374 g/mol. The van der Waals surface area contributed by atoms with E-state index in [1.165, 1.54) is 4.31 Å². The Bertz CT molecular complexity index is 669. The largest absolute Gasteiger partial charge is 0.356 e. The third kappa shape index (κ3) is 5.67. The Hall–Kier alpha value is -1.15. The molecule has 1 heterocycles. The van der Waals surface area contributed by atoms with Crippen molar-refractivity contribution in [2.24, 2.45) is 11.7 Å². The lowest BCUT2D eigenvalue weighted by Crippen LogP contribution is -2.43. The third-order valence-electron chi connectivity index (χ3n) is 4.69. The lowest BCUT2D eigenvalue weighted by Gasteiger charge is -2.30. The first-order valence-electron chi connectivity index (χ1n) is 8.94. The monoisotopic (exact) mass is 403 g/mol. The number of piperidine rings is 1. The van der Waals surface area contributed by atoms with Crippen LogP contribution in [0, 0.1) is 5.92 Å². The van der Waals surface area contributed by atoms with Crippen LogP contribution in [0.15, 0.2) is 29.2 Å². The number of benzene rings is 1. The minimum Gasteiger partial charge on any atom is -0.356 e. The van der Waals surface area contributed by atoms with Gasteiger partial charge in [0.2, 0.25) is 15.9 Å². The Kier molecular flexibility index (Phi) is 9.03. The molecule has 6 nitrogen and oxygen atoms in total. The maximum absolute atomic E-state index is 12.8. The van der Waals surface area contributed by atoms with Crippen LogP contribution in [0.5, 0.6) is 0 Å². The van der Waals surface area contributed by atoms with E-state index in [0.29, 0.717) is 49.8 Å². The molecule has 0 radical (unpaired) electrons. The average molecular weight is 404 g/mol. The summed E-state index contributed by atoms with van der Waals surface area (Å²) in [5.41, 5.74) is 6.53. The van der Waals surface area contributed by atoms with Gasteiger partial charge >= 0.3 is 0 Å². The van der Waals surface area contributed by atoms with Gasteiger partial charge in [0.25, 0.3) is 0 Å². The molecule has 0 aliphatic carbocycles. The van der Waals surface area contributed by atoms with E-state index in [0.717, 1.165) is 12.0 Å². The molecule has 1 aliphatic rings. The van der Waals surface area contributed by atoms with Gasteiger partial charge in [0, 0.05) is 25.6 Å². The van der Waals surface area contributed by atoms with Crippen LogP contribution in [0.1, 0.15) is 44.6 Å². The summed E-state index contributed by atoms with van der Waals surface area (Å²) in [6.45, 7) is 6.04. The third-order valence-corrected chi connectivity index (χ3v) is 6.60. The standard InChI is InChI=1S/C18H29N3O3S.ClH/c1-14(2)15-4-6-17(7-5-15)25(23,24)21-12-8-16(9-13-21)18(22)20-11-3-10-19;/h4-7,14,16H,3,8-13,19H2,1-2H3,(H,20,22);1H. The van der Waals surface area contributed by atoms with Crippen molar-refractivity contribution >= 4 is 28.3 Å². The van der Waals surface area contributed by atoms with E-state index >= 15 is 0 Å². The number of halogens is 1. The van der Waals surface area contributed by atoms with Crippen molar-refractivity contribution in [3.8, 4) is 0 Å². The molecule has 0 saturated carbocycles. The van der Waals surface area contributed by atoms with E-state index in [4.69, 9.17) is 5.73 Å². The predicted octanol–water partition coefficient (Wildman–Crippen LogP) is 2.10. The molecule has 0 aromatic heterocycles. The highest BCUT2D eigenvalue weighted by atomic mass is 35.5. The Morgan fingerprint density at radius 2 is 1.81 bits per heavy atom. The Balaban J connectivity index is 0.00000338. The quantitative estimate of drug-likeness (QED) is 0.682. The van der Waals surface area contributed by atoms with Gasteiger partial charge in [-0.3, -0.25) is 4.79 Å². The second kappa shape index (κ2) is 10.3. The highest BCUT2D eigenvalue weighted by Crippen LogP contribution is 2.25. The molecular formula is C18H30ClN3O3S. The van der Waals surface area contributed by atoms with Crippen molar-refractivity contribution in [2.75, 3.05) is 26.2 Å². The summed E-state index contributed by atoms with van der Waals surface area (Å²) in [6.07, 6.45) is 1.86. The van der Waals surface area contributed by atoms with Crippen molar-refractivity contribution in [3.05, 3.63) is 29.8 Å². The lowest BCUT2D eigenvalue weighted by atomic mass is 9.97. The molecule has 1 amide bonds. The zero-order chi connectivity index (χ0) is 18.4. The van der Waals surface area contributed by atoms with Gasteiger partial charge in [-0.05, 0) is 49.4 Å². The van der Waals surface area contributed by atoms with Crippen molar-refractivity contribution in [2.45, 2.75) is 43.9 Å². The number of nitrogens with two attached hydrogens (primary N) is 1. The highest BCUT2D eigenvalue weighted by molar-refractivity contribution is 7.89. The first-order chi connectivity index (χ1) is 11.9. The summed E-state index contributed by atoms with van der Waals surface area (Å²) >= 11 is 0. The average Bonchev–Trinajstić information content (AvgIpc) is 2.62. The first kappa shape index (κ1) is 22.9. The van der Waals surface area contributed by atoms with E-state index in [1.54, 1.807) is 12.1 Å². The molecule has 148 valence electrons. The maximum Gasteiger partial charge on any atom is 0.243 e. The van der Waals surface area contributed by atoms with Crippen LogP contribution in [0.25, 0.3) is 0 Å². The van der Waals surface area contributed by atoms with E-state index in [-0.39, 0.29) is 24.2 Å². The van der Waals surface area contributed by atoms with Crippen molar-refractivity contribution < 1.29 is 13.2 Å². The Labute approximate surface area is 163 Å². The first-order valence-corrected chi connectivity index (χ1v) is 10.4. The minimum absolute atomic E-state index is 0. The maximum atomic E-state index is 12.8. The van der Waals surface area contributed by atoms with Crippen LogP contribution in [-0.2, 0) is 14.8 Å². The summed E-state index contributed by atoms with van der Waals surface area (Å²) < 4.78 is 27.0. The van der Waals surface area contributed by atoms with E-state index in [1.807, 2.05) is 12.1 Å². The van der Waals surface area contributed by atoms with Gasteiger partial charge in [0.1, 0.15) is 0 Å². The Morgan fingerprint density at radius 1 is 1.23 bits per heavy atom. The molecule has 0 unspecified atom stereocenters. The fourth-order valence-electron chi connectivity index (χ4n) is 2.99. The summed E-state index contributed by atoms with van der Waals surface area (Å²) in [5.74, 6) is 0.254. The number of nitrogens with zero attached hydrogens (tertiary/aromatic N) is 1. The topological polar surface area (TPSA) is 92.5 Å². The molecule has 1 saturated heterocycles. The van der Waals surface area contributed by atoms with Gasteiger partial charge in [-0.15, -0.1) is 12.4 Å². The second-order valence-electron chi connectivity index (χ2n) is 6.84. The number of nitrogens with one attached hydrogen (secondary N) is 1. The van der Waals surface area contributed by atoms with Gasteiger partial charge in [-0.1, -0.05) is 26.0 Å². The summed E-state index contributed by atoms with van der Waals surface area (Å²) in [4.78, 5) is 12.4. The zero-order valence-corrected chi connectivity index (χ0v) is 17.1. The number of carbonyl (C=O) groups is 1. The number of sulfonamides is 1. The van der Waals surface area contributed by atoms with E-state index in [2.05, 4.69) is 19.2 Å². The van der Waals surface area contributed by atoms with Crippen molar-refractivity contribution in [1.82, 2.24) is 9.62 Å². The molecule has 2 rings (SSSR count). The van der Waals surface area contributed by atoms with Gasteiger partial charge in [0.15, 0.2) is 0 Å². The fourth-order valence-corrected chi connectivity index (χ4v) is 4.46. The molecule has 0 spiro atoms. The molecule has 0 bridgehead atoms. The molecule has 8 heteroatoms. The molecule has 0 atom stereocenters. The van der Waals surface area contributed by atoms with Gasteiger partial charge in [-0.25, -0.2) is 8.42 Å². The summed E-state index contributed by atoms with van der Waals surface area (Å²) in [5, 5.41) is 2.87. The van der Waals surface area contributed by atoms with Crippen LogP contribution in [0.2, 0.25) is 0 Å². The van der Waals surface area contributed by atoms with Crippen molar-refractivity contribution in [3.63, 3.8) is 0 Å². The van der Waals surface area contributed by atoms with Crippen LogP contribution < -0.4 is 11.1 Å². The molecule has 1 aromatic carbocycles. The van der Waals surface area contributed by atoms with Gasteiger partial charge in [0.05, 0.1) is 4.90 Å². The SMILES string of the molecule is CC(C)c1ccc(S(=O)(=O)N2CCC(C(=O)NCCCN)CC2)cc1.Cl. The van der Waals surface area contributed by atoms with Crippen LogP contribution in [0.3, 0.4) is 0 Å². The highest BCUT2D eigenvalue weighted by Gasteiger charge is 2.31. The number of carbonyl (C=O) groups excluding carboxylic acids is 1. The molecule has 26 heavy (non-hydrogen) atoms. The fraction of sp³-hybridized carbons (Fsp3) is 0.611.